The van der Waals surface area contributed by atoms with Crippen molar-refractivity contribution in [2.24, 2.45) is 0 Å². The van der Waals surface area contributed by atoms with Crippen molar-refractivity contribution in [3.8, 4) is 17.2 Å². The highest BCUT2D eigenvalue weighted by molar-refractivity contribution is 7.60. The van der Waals surface area contributed by atoms with Crippen molar-refractivity contribution in [1.29, 1.82) is 0 Å². The Morgan fingerprint density at radius 3 is 2.32 bits per heavy atom. The molecule has 136 valence electrons. The lowest BCUT2D eigenvalue weighted by molar-refractivity contribution is 0.306. The Labute approximate surface area is 149 Å². The van der Waals surface area contributed by atoms with Crippen LogP contribution in [0.15, 0.2) is 48.5 Å². The van der Waals surface area contributed by atoms with Crippen molar-refractivity contribution in [2.45, 2.75) is 26.2 Å². The van der Waals surface area contributed by atoms with E-state index in [-0.39, 0.29) is 0 Å². The van der Waals surface area contributed by atoms with Crippen LogP contribution in [-0.2, 0) is 4.57 Å². The van der Waals surface area contributed by atoms with Crippen molar-refractivity contribution in [1.82, 2.24) is 0 Å². The number of anilines is 1. The van der Waals surface area contributed by atoms with Crippen molar-refractivity contribution >= 4 is 13.2 Å². The van der Waals surface area contributed by atoms with Gasteiger partial charge >= 0.3 is 7.52 Å². The zero-order valence-electron chi connectivity index (χ0n) is 15.0. The van der Waals surface area contributed by atoms with E-state index in [9.17, 15) is 4.57 Å². The SMILES string of the molecule is CCCCCOc1ccc(N[P@@](C)(=O)Oc2ccccc2OC)cc1. The van der Waals surface area contributed by atoms with E-state index in [4.69, 9.17) is 14.0 Å². The molecule has 0 amide bonds. The monoisotopic (exact) mass is 363 g/mol. The van der Waals surface area contributed by atoms with Crippen LogP contribution in [-0.4, -0.2) is 20.4 Å². The summed E-state index contributed by atoms with van der Waals surface area (Å²) in [5, 5.41) is 2.94. The molecule has 0 aliphatic rings. The standard InChI is InChI=1S/C19H26NO4P/c1-4-5-8-15-23-17-13-11-16(12-14-17)20-25(3,21)24-19-10-7-6-9-18(19)22-2/h6-7,9-14H,4-5,8,15H2,1-3H3,(H,20,21)/t25-/m0/s1. The van der Waals surface area contributed by atoms with Crippen LogP contribution in [0.3, 0.4) is 0 Å². The number of hydrogen-bond donors (Lipinski definition) is 1. The summed E-state index contributed by atoms with van der Waals surface area (Å²) in [5.41, 5.74) is 0.710. The summed E-state index contributed by atoms with van der Waals surface area (Å²) in [6.45, 7) is 4.41. The molecule has 0 heterocycles. The number of ether oxygens (including phenoxy) is 2. The van der Waals surface area contributed by atoms with Gasteiger partial charge in [-0.15, -0.1) is 0 Å². The molecule has 0 aliphatic carbocycles. The van der Waals surface area contributed by atoms with Crippen LogP contribution in [0, 0.1) is 0 Å². The summed E-state index contributed by atoms with van der Waals surface area (Å²) >= 11 is 0. The van der Waals surface area contributed by atoms with Gasteiger partial charge in [-0.05, 0) is 42.8 Å². The molecule has 2 aromatic carbocycles. The highest BCUT2D eigenvalue weighted by Gasteiger charge is 2.19. The molecule has 0 aromatic heterocycles. The number of methoxy groups -OCH3 is 1. The minimum absolute atomic E-state index is 0.444. The highest BCUT2D eigenvalue weighted by atomic mass is 31.2. The normalized spacial score (nSPS) is 12.9. The third-order valence-electron chi connectivity index (χ3n) is 3.54. The van der Waals surface area contributed by atoms with Gasteiger partial charge in [-0.25, -0.2) is 0 Å². The van der Waals surface area contributed by atoms with Crippen molar-refractivity contribution < 1.29 is 18.6 Å². The molecule has 0 aliphatic heterocycles. The van der Waals surface area contributed by atoms with Crippen LogP contribution >= 0.6 is 7.52 Å². The summed E-state index contributed by atoms with van der Waals surface area (Å²) in [4.78, 5) is 0. The summed E-state index contributed by atoms with van der Waals surface area (Å²) in [7, 11) is -1.54. The van der Waals surface area contributed by atoms with E-state index in [2.05, 4.69) is 12.0 Å². The number of para-hydroxylation sites is 2. The molecule has 0 bridgehead atoms. The van der Waals surface area contributed by atoms with Crippen molar-refractivity contribution in [3.05, 3.63) is 48.5 Å². The Morgan fingerprint density at radius 1 is 1.00 bits per heavy atom. The van der Waals surface area contributed by atoms with Gasteiger partial charge in [-0.3, -0.25) is 4.57 Å². The Bertz CT molecular complexity index is 703. The van der Waals surface area contributed by atoms with E-state index in [1.165, 1.54) is 19.5 Å². The molecular weight excluding hydrogens is 337 g/mol. The average Bonchev–Trinajstić information content (AvgIpc) is 2.60. The number of rotatable bonds is 10. The first-order valence-electron chi connectivity index (χ1n) is 8.45. The topological polar surface area (TPSA) is 56.8 Å². The van der Waals surface area contributed by atoms with E-state index in [1.54, 1.807) is 19.2 Å². The molecule has 0 spiro atoms. The van der Waals surface area contributed by atoms with Gasteiger partial charge in [0.2, 0.25) is 0 Å². The predicted octanol–water partition coefficient (Wildman–Crippen LogP) is 5.58. The summed E-state index contributed by atoms with van der Waals surface area (Å²) in [6, 6.07) is 14.5. The Kier molecular flexibility index (Phi) is 7.20. The van der Waals surface area contributed by atoms with Gasteiger partial charge in [0.15, 0.2) is 11.5 Å². The second-order valence-electron chi connectivity index (χ2n) is 5.78. The molecule has 6 heteroatoms. The smallest absolute Gasteiger partial charge is 0.338 e. The van der Waals surface area contributed by atoms with Gasteiger partial charge in [0, 0.05) is 12.4 Å². The Morgan fingerprint density at radius 2 is 1.68 bits per heavy atom. The number of nitrogens with one attached hydrogen (secondary N) is 1. The van der Waals surface area contributed by atoms with E-state index in [0.29, 0.717) is 23.8 Å². The lowest BCUT2D eigenvalue weighted by atomic mass is 10.2. The van der Waals surface area contributed by atoms with Crippen LogP contribution in [0.1, 0.15) is 26.2 Å². The van der Waals surface area contributed by atoms with Gasteiger partial charge in [0.1, 0.15) is 5.75 Å². The van der Waals surface area contributed by atoms with Crippen LogP contribution in [0.25, 0.3) is 0 Å². The fourth-order valence-electron chi connectivity index (χ4n) is 2.31. The van der Waals surface area contributed by atoms with Crippen LogP contribution in [0.5, 0.6) is 17.2 Å². The number of benzene rings is 2. The summed E-state index contributed by atoms with van der Waals surface area (Å²) in [5.74, 6) is 1.79. The molecule has 25 heavy (non-hydrogen) atoms. The largest absolute Gasteiger partial charge is 0.494 e. The first-order chi connectivity index (χ1) is 12.0. The molecule has 0 radical (unpaired) electrons. The molecule has 2 rings (SSSR count). The van der Waals surface area contributed by atoms with Crippen LogP contribution in [0.4, 0.5) is 5.69 Å². The quantitative estimate of drug-likeness (QED) is 0.441. The van der Waals surface area contributed by atoms with Crippen molar-refractivity contribution in [2.75, 3.05) is 25.5 Å². The van der Waals surface area contributed by atoms with Crippen molar-refractivity contribution in [3.63, 3.8) is 0 Å². The summed E-state index contributed by atoms with van der Waals surface area (Å²) in [6.07, 6.45) is 3.39. The first-order valence-corrected chi connectivity index (χ1v) is 10.5. The zero-order chi connectivity index (χ0) is 18.1. The fourth-order valence-corrected chi connectivity index (χ4v) is 3.50. The van der Waals surface area contributed by atoms with Crippen LogP contribution in [0.2, 0.25) is 0 Å². The molecule has 1 atom stereocenters. The predicted molar refractivity (Wildman–Crippen MR) is 102 cm³/mol. The zero-order valence-corrected chi connectivity index (χ0v) is 15.9. The number of unbranched alkanes of at least 4 members (excludes halogenated alkanes) is 2. The molecule has 5 nitrogen and oxygen atoms in total. The maximum Gasteiger partial charge on any atom is 0.338 e. The minimum atomic E-state index is -3.09. The average molecular weight is 363 g/mol. The first kappa shape index (κ1) is 19.2. The molecule has 2 aromatic rings. The van der Waals surface area contributed by atoms with E-state index in [0.717, 1.165) is 12.2 Å². The maximum absolute atomic E-state index is 12.7. The van der Waals surface area contributed by atoms with Gasteiger partial charge < -0.3 is 19.1 Å². The lowest BCUT2D eigenvalue weighted by Crippen LogP contribution is -2.03. The second kappa shape index (κ2) is 9.38. The van der Waals surface area contributed by atoms with E-state index < -0.39 is 7.52 Å². The summed E-state index contributed by atoms with van der Waals surface area (Å²) < 4.78 is 29.3. The van der Waals surface area contributed by atoms with E-state index in [1.807, 2.05) is 36.4 Å². The minimum Gasteiger partial charge on any atom is -0.494 e. The molecular formula is C19H26NO4P. The van der Waals surface area contributed by atoms with Crippen LogP contribution < -0.4 is 19.1 Å². The van der Waals surface area contributed by atoms with Gasteiger partial charge in [0.05, 0.1) is 13.7 Å². The van der Waals surface area contributed by atoms with E-state index >= 15 is 0 Å². The molecule has 0 saturated carbocycles. The van der Waals surface area contributed by atoms with Gasteiger partial charge in [-0.1, -0.05) is 31.9 Å². The third-order valence-corrected chi connectivity index (χ3v) is 4.75. The lowest BCUT2D eigenvalue weighted by Gasteiger charge is -2.19. The third kappa shape index (κ3) is 6.35. The molecule has 0 unspecified atom stereocenters. The molecule has 0 fully saturated rings. The maximum atomic E-state index is 12.7. The van der Waals surface area contributed by atoms with Gasteiger partial charge in [0.25, 0.3) is 0 Å². The highest BCUT2D eigenvalue weighted by Crippen LogP contribution is 2.46. The van der Waals surface area contributed by atoms with Gasteiger partial charge in [-0.2, -0.15) is 0 Å². The Hall–Kier alpha value is -2.13. The molecule has 1 N–H and O–H groups in total. The number of hydrogen-bond acceptors (Lipinski definition) is 4. The Balaban J connectivity index is 1.94. The molecule has 0 saturated heterocycles. The fraction of sp³-hybridized carbons (Fsp3) is 0.368. The second-order valence-corrected chi connectivity index (χ2v) is 7.88.